The Labute approximate surface area is 126 Å². The highest BCUT2D eigenvalue weighted by molar-refractivity contribution is 5.93. The first-order chi connectivity index (χ1) is 10.0. The van der Waals surface area contributed by atoms with Crippen LogP contribution in [-0.2, 0) is 4.79 Å². The van der Waals surface area contributed by atoms with Crippen LogP contribution in [0.4, 0.5) is 5.69 Å². The van der Waals surface area contributed by atoms with E-state index in [1.54, 1.807) is 0 Å². The monoisotopic (exact) mass is 288 g/mol. The Hall–Kier alpha value is -1.39. The molecule has 0 radical (unpaired) electrons. The summed E-state index contributed by atoms with van der Waals surface area (Å²) in [5.74, 6) is 0.0528. The van der Waals surface area contributed by atoms with Crippen molar-refractivity contribution < 1.29 is 9.90 Å². The van der Waals surface area contributed by atoms with Crippen molar-refractivity contribution in [3.63, 3.8) is 0 Å². The number of hydrogen-bond donors (Lipinski definition) is 2. The van der Waals surface area contributed by atoms with E-state index in [-0.39, 0.29) is 12.0 Å². The molecule has 4 nitrogen and oxygen atoms in total. The van der Waals surface area contributed by atoms with Crippen LogP contribution >= 0.6 is 0 Å². The number of rotatable bonds is 3. The zero-order valence-electron chi connectivity index (χ0n) is 12.8. The molecule has 0 spiro atoms. The first-order valence-electron chi connectivity index (χ1n) is 7.84. The van der Waals surface area contributed by atoms with Gasteiger partial charge in [0.25, 0.3) is 0 Å². The van der Waals surface area contributed by atoms with Gasteiger partial charge in [-0.1, -0.05) is 12.1 Å². The third kappa shape index (κ3) is 3.11. The van der Waals surface area contributed by atoms with E-state index in [2.05, 4.69) is 16.3 Å². The van der Waals surface area contributed by atoms with E-state index in [1.807, 2.05) is 26.0 Å². The van der Waals surface area contributed by atoms with Crippen molar-refractivity contribution in [3.05, 3.63) is 29.3 Å². The maximum atomic E-state index is 12.3. The Balaban J connectivity index is 1.63. The van der Waals surface area contributed by atoms with Crippen LogP contribution in [-0.4, -0.2) is 40.6 Å². The minimum absolute atomic E-state index is 0.0528. The molecule has 2 heterocycles. The van der Waals surface area contributed by atoms with E-state index in [0.29, 0.717) is 18.6 Å². The molecule has 3 rings (SSSR count). The average Bonchev–Trinajstić information content (AvgIpc) is 2.66. The van der Waals surface area contributed by atoms with E-state index in [1.165, 1.54) is 0 Å². The normalized spacial score (nSPS) is 28.6. The van der Waals surface area contributed by atoms with Gasteiger partial charge in [0.05, 0.1) is 12.6 Å². The third-order valence-electron chi connectivity index (χ3n) is 4.85. The van der Waals surface area contributed by atoms with Gasteiger partial charge in [0.2, 0.25) is 5.91 Å². The molecule has 2 saturated heterocycles. The summed E-state index contributed by atoms with van der Waals surface area (Å²) in [7, 11) is 0. The highest BCUT2D eigenvalue weighted by atomic mass is 16.3. The first kappa shape index (κ1) is 14.5. The van der Waals surface area contributed by atoms with Crippen molar-refractivity contribution in [1.82, 2.24) is 4.90 Å². The highest BCUT2D eigenvalue weighted by Crippen LogP contribution is 2.35. The predicted molar refractivity (Wildman–Crippen MR) is 83.3 cm³/mol. The fourth-order valence-electron chi connectivity index (χ4n) is 3.73. The largest absolute Gasteiger partial charge is 0.393 e. The number of aryl methyl sites for hydroxylation is 2. The molecule has 2 atom stereocenters. The molecule has 114 valence electrons. The molecule has 2 N–H and O–H groups in total. The van der Waals surface area contributed by atoms with Crippen molar-refractivity contribution >= 4 is 11.6 Å². The van der Waals surface area contributed by atoms with Gasteiger partial charge in [0, 0.05) is 17.8 Å². The number of fused-ring (bicyclic) bond motifs is 2. The summed E-state index contributed by atoms with van der Waals surface area (Å²) in [6, 6.07) is 6.86. The molecule has 1 aromatic carbocycles. The van der Waals surface area contributed by atoms with Crippen molar-refractivity contribution in [2.45, 2.75) is 57.7 Å². The van der Waals surface area contributed by atoms with Crippen LogP contribution in [0.5, 0.6) is 0 Å². The summed E-state index contributed by atoms with van der Waals surface area (Å²) < 4.78 is 0. The van der Waals surface area contributed by atoms with Crippen LogP contribution in [0.25, 0.3) is 0 Å². The van der Waals surface area contributed by atoms with Crippen molar-refractivity contribution in [1.29, 1.82) is 0 Å². The summed E-state index contributed by atoms with van der Waals surface area (Å²) in [5, 5.41) is 12.9. The number of amides is 1. The summed E-state index contributed by atoms with van der Waals surface area (Å²) in [6.45, 7) is 4.48. The van der Waals surface area contributed by atoms with E-state index in [0.717, 1.165) is 42.5 Å². The Morgan fingerprint density at radius 2 is 1.95 bits per heavy atom. The molecule has 0 aromatic heterocycles. The van der Waals surface area contributed by atoms with Gasteiger partial charge in [-0.3, -0.25) is 9.69 Å². The van der Waals surface area contributed by atoms with Gasteiger partial charge >= 0.3 is 0 Å². The molecule has 2 bridgehead atoms. The number of hydrogen-bond acceptors (Lipinski definition) is 3. The Kier molecular flexibility index (Phi) is 4.00. The number of aliphatic hydroxyl groups excluding tert-OH is 1. The first-order valence-corrected chi connectivity index (χ1v) is 7.84. The van der Waals surface area contributed by atoms with Crippen LogP contribution < -0.4 is 5.32 Å². The molecule has 2 aliphatic rings. The lowest BCUT2D eigenvalue weighted by Crippen LogP contribution is -2.47. The molecule has 2 aliphatic heterocycles. The number of piperidine rings is 1. The molecule has 1 amide bonds. The number of anilines is 1. The standard InChI is InChI=1S/C17H24N2O2/c1-11-3-4-12(2)16(7-11)18-17(21)10-19-13-5-6-14(19)9-15(20)8-13/h3-4,7,13-15,20H,5-6,8-10H2,1-2H3,(H,18,21). The SMILES string of the molecule is Cc1ccc(C)c(NC(=O)CN2C3CCC2CC(O)C3)c1. The summed E-state index contributed by atoms with van der Waals surface area (Å²) in [6.07, 6.45) is 3.66. The number of aliphatic hydroxyl groups is 1. The fraction of sp³-hybridized carbons (Fsp3) is 0.588. The fourth-order valence-corrected chi connectivity index (χ4v) is 3.73. The Bertz CT molecular complexity index is 530. The van der Waals surface area contributed by atoms with Gasteiger partial charge in [-0.05, 0) is 56.7 Å². The van der Waals surface area contributed by atoms with E-state index in [9.17, 15) is 9.90 Å². The Morgan fingerprint density at radius 3 is 2.62 bits per heavy atom. The molecular formula is C17H24N2O2. The lowest BCUT2D eigenvalue weighted by atomic mass is 10.00. The quantitative estimate of drug-likeness (QED) is 0.897. The Morgan fingerprint density at radius 1 is 1.29 bits per heavy atom. The number of carbonyl (C=O) groups is 1. The molecule has 4 heteroatoms. The number of nitrogens with zero attached hydrogens (tertiary/aromatic N) is 1. The minimum atomic E-state index is -0.180. The predicted octanol–water partition coefficient (Wildman–Crippen LogP) is 2.23. The van der Waals surface area contributed by atoms with E-state index in [4.69, 9.17) is 0 Å². The second-order valence-electron chi connectivity index (χ2n) is 6.55. The minimum Gasteiger partial charge on any atom is -0.393 e. The van der Waals surface area contributed by atoms with E-state index >= 15 is 0 Å². The molecule has 0 saturated carbocycles. The van der Waals surface area contributed by atoms with Gasteiger partial charge in [-0.2, -0.15) is 0 Å². The number of nitrogens with one attached hydrogen (secondary N) is 1. The van der Waals surface area contributed by atoms with Crippen LogP contribution in [0, 0.1) is 13.8 Å². The van der Waals surface area contributed by atoms with Gasteiger partial charge in [-0.15, -0.1) is 0 Å². The van der Waals surface area contributed by atoms with Crippen molar-refractivity contribution in [2.75, 3.05) is 11.9 Å². The summed E-state index contributed by atoms with van der Waals surface area (Å²) in [5.41, 5.74) is 3.15. The summed E-state index contributed by atoms with van der Waals surface area (Å²) >= 11 is 0. The van der Waals surface area contributed by atoms with Crippen LogP contribution in [0.3, 0.4) is 0 Å². The van der Waals surface area contributed by atoms with E-state index < -0.39 is 0 Å². The van der Waals surface area contributed by atoms with Gasteiger partial charge < -0.3 is 10.4 Å². The summed E-state index contributed by atoms with van der Waals surface area (Å²) in [4.78, 5) is 14.6. The molecule has 1 aromatic rings. The number of carbonyl (C=O) groups excluding carboxylic acids is 1. The molecular weight excluding hydrogens is 264 g/mol. The van der Waals surface area contributed by atoms with Gasteiger partial charge in [-0.25, -0.2) is 0 Å². The average molecular weight is 288 g/mol. The molecule has 21 heavy (non-hydrogen) atoms. The zero-order valence-corrected chi connectivity index (χ0v) is 12.8. The highest BCUT2D eigenvalue weighted by Gasteiger charge is 2.40. The van der Waals surface area contributed by atoms with Crippen molar-refractivity contribution in [2.24, 2.45) is 0 Å². The number of benzene rings is 1. The maximum Gasteiger partial charge on any atom is 0.238 e. The third-order valence-corrected chi connectivity index (χ3v) is 4.85. The lowest BCUT2D eigenvalue weighted by molar-refractivity contribution is -0.119. The van der Waals surface area contributed by atoms with Crippen LogP contribution in [0.15, 0.2) is 18.2 Å². The zero-order chi connectivity index (χ0) is 15.0. The lowest BCUT2D eigenvalue weighted by Gasteiger charge is -2.36. The molecule has 0 aliphatic carbocycles. The second-order valence-corrected chi connectivity index (χ2v) is 6.55. The van der Waals surface area contributed by atoms with Gasteiger partial charge in [0.1, 0.15) is 0 Å². The molecule has 2 fully saturated rings. The maximum absolute atomic E-state index is 12.3. The van der Waals surface area contributed by atoms with Crippen molar-refractivity contribution in [3.8, 4) is 0 Å². The second kappa shape index (κ2) is 5.78. The van der Waals surface area contributed by atoms with Crippen LogP contribution in [0.2, 0.25) is 0 Å². The molecule has 2 unspecified atom stereocenters. The topological polar surface area (TPSA) is 52.6 Å². The van der Waals surface area contributed by atoms with Gasteiger partial charge in [0.15, 0.2) is 0 Å². The smallest absolute Gasteiger partial charge is 0.238 e. The van der Waals surface area contributed by atoms with Crippen LogP contribution in [0.1, 0.15) is 36.8 Å².